The standard InChI is InChI=1S/C22H29N3O4S/c1-16(2)23-22(27)19-8-5-6-9-20(19)24-21(26)10-7-15-25(30(4,28)29)18-13-11-17(3)12-14-18/h5-6,8-9,11-14,16H,7,10,15H2,1-4H3,(H,23,27)(H,24,26). The number of sulfonamides is 1. The highest BCUT2D eigenvalue weighted by atomic mass is 32.2. The molecule has 30 heavy (non-hydrogen) atoms. The number of benzene rings is 2. The first kappa shape index (κ1) is 23.4. The molecule has 0 saturated heterocycles. The summed E-state index contributed by atoms with van der Waals surface area (Å²) in [5.41, 5.74) is 2.42. The second-order valence-corrected chi connectivity index (χ2v) is 9.40. The molecule has 0 heterocycles. The second-order valence-electron chi connectivity index (χ2n) is 7.50. The number of carbonyl (C=O) groups is 2. The summed E-state index contributed by atoms with van der Waals surface area (Å²) in [5.74, 6) is -0.541. The first-order valence-electron chi connectivity index (χ1n) is 9.82. The molecule has 162 valence electrons. The van der Waals surface area contributed by atoms with Crippen molar-refractivity contribution in [3.8, 4) is 0 Å². The van der Waals surface area contributed by atoms with E-state index in [0.29, 0.717) is 23.4 Å². The fourth-order valence-corrected chi connectivity index (χ4v) is 3.89. The van der Waals surface area contributed by atoms with E-state index < -0.39 is 10.0 Å². The van der Waals surface area contributed by atoms with Crippen LogP contribution in [-0.2, 0) is 14.8 Å². The summed E-state index contributed by atoms with van der Waals surface area (Å²) in [6, 6.07) is 14.0. The van der Waals surface area contributed by atoms with Crippen molar-refractivity contribution in [3.63, 3.8) is 0 Å². The number of amides is 2. The summed E-state index contributed by atoms with van der Waals surface area (Å²) in [5, 5.41) is 5.56. The monoisotopic (exact) mass is 431 g/mol. The van der Waals surface area contributed by atoms with Gasteiger partial charge in [0.15, 0.2) is 0 Å². The molecule has 2 rings (SSSR count). The lowest BCUT2D eigenvalue weighted by atomic mass is 10.1. The maximum atomic E-state index is 12.4. The highest BCUT2D eigenvalue weighted by molar-refractivity contribution is 7.92. The van der Waals surface area contributed by atoms with Gasteiger partial charge in [0.2, 0.25) is 15.9 Å². The molecule has 0 fully saturated rings. The summed E-state index contributed by atoms with van der Waals surface area (Å²) in [7, 11) is -3.47. The Kier molecular flexibility index (Phi) is 8.00. The van der Waals surface area contributed by atoms with E-state index in [1.165, 1.54) is 4.31 Å². The Morgan fingerprint density at radius 2 is 1.67 bits per heavy atom. The minimum atomic E-state index is -3.47. The maximum Gasteiger partial charge on any atom is 0.253 e. The number of carbonyl (C=O) groups excluding carboxylic acids is 2. The summed E-state index contributed by atoms with van der Waals surface area (Å²) >= 11 is 0. The molecule has 0 saturated carbocycles. The average molecular weight is 432 g/mol. The van der Waals surface area contributed by atoms with Crippen LogP contribution < -0.4 is 14.9 Å². The van der Waals surface area contributed by atoms with Gasteiger partial charge in [-0.2, -0.15) is 0 Å². The molecule has 7 nitrogen and oxygen atoms in total. The minimum absolute atomic E-state index is 0.0231. The third-order valence-electron chi connectivity index (χ3n) is 4.35. The summed E-state index contributed by atoms with van der Waals surface area (Å²) < 4.78 is 25.6. The zero-order chi connectivity index (χ0) is 22.3. The maximum absolute atomic E-state index is 12.4. The van der Waals surface area contributed by atoms with Crippen molar-refractivity contribution in [1.82, 2.24) is 5.32 Å². The number of rotatable bonds is 9. The molecule has 0 aromatic heterocycles. The molecule has 2 aromatic rings. The lowest BCUT2D eigenvalue weighted by Gasteiger charge is -2.22. The summed E-state index contributed by atoms with van der Waals surface area (Å²) in [6.07, 6.45) is 1.61. The van der Waals surface area contributed by atoms with Crippen molar-refractivity contribution >= 4 is 33.2 Å². The fraction of sp³-hybridized carbons (Fsp3) is 0.364. The Hall–Kier alpha value is -2.87. The molecule has 2 N–H and O–H groups in total. The third kappa shape index (κ3) is 6.88. The van der Waals surface area contributed by atoms with Crippen molar-refractivity contribution in [3.05, 3.63) is 59.7 Å². The lowest BCUT2D eigenvalue weighted by Crippen LogP contribution is -2.32. The van der Waals surface area contributed by atoms with Crippen molar-refractivity contribution in [2.75, 3.05) is 22.4 Å². The number of anilines is 2. The molecule has 0 bridgehead atoms. The molecule has 0 spiro atoms. The highest BCUT2D eigenvalue weighted by Gasteiger charge is 2.18. The topological polar surface area (TPSA) is 95.6 Å². The number of para-hydroxylation sites is 1. The zero-order valence-corrected chi connectivity index (χ0v) is 18.6. The van der Waals surface area contributed by atoms with Gasteiger partial charge in [0, 0.05) is 19.0 Å². The van der Waals surface area contributed by atoms with E-state index in [2.05, 4.69) is 10.6 Å². The Morgan fingerprint density at radius 3 is 2.27 bits per heavy atom. The lowest BCUT2D eigenvalue weighted by molar-refractivity contribution is -0.116. The van der Waals surface area contributed by atoms with Gasteiger partial charge in [-0.05, 0) is 51.5 Å². The van der Waals surface area contributed by atoms with Gasteiger partial charge < -0.3 is 10.6 Å². The molecule has 0 radical (unpaired) electrons. The van der Waals surface area contributed by atoms with Crippen LogP contribution in [0.1, 0.15) is 42.6 Å². The van der Waals surface area contributed by atoms with Crippen LogP contribution in [0.3, 0.4) is 0 Å². The van der Waals surface area contributed by atoms with Gasteiger partial charge >= 0.3 is 0 Å². The van der Waals surface area contributed by atoms with Crippen LogP contribution in [0, 0.1) is 6.92 Å². The van der Waals surface area contributed by atoms with E-state index in [4.69, 9.17) is 0 Å². The molecular weight excluding hydrogens is 402 g/mol. The van der Waals surface area contributed by atoms with Gasteiger partial charge in [0.25, 0.3) is 5.91 Å². The number of hydrogen-bond acceptors (Lipinski definition) is 4. The Morgan fingerprint density at radius 1 is 1.03 bits per heavy atom. The number of aryl methyl sites for hydroxylation is 1. The largest absolute Gasteiger partial charge is 0.350 e. The predicted octanol–water partition coefficient (Wildman–Crippen LogP) is 3.32. The van der Waals surface area contributed by atoms with E-state index in [1.54, 1.807) is 36.4 Å². The number of nitrogens with one attached hydrogen (secondary N) is 2. The minimum Gasteiger partial charge on any atom is -0.350 e. The van der Waals surface area contributed by atoms with E-state index in [1.807, 2.05) is 32.9 Å². The van der Waals surface area contributed by atoms with E-state index in [-0.39, 0.29) is 30.8 Å². The van der Waals surface area contributed by atoms with Gasteiger partial charge in [-0.25, -0.2) is 8.42 Å². The average Bonchev–Trinajstić information content (AvgIpc) is 2.65. The fourth-order valence-electron chi connectivity index (χ4n) is 2.92. The van der Waals surface area contributed by atoms with Gasteiger partial charge in [0.1, 0.15) is 0 Å². The van der Waals surface area contributed by atoms with Crippen LogP contribution in [0.2, 0.25) is 0 Å². The van der Waals surface area contributed by atoms with Crippen LogP contribution >= 0.6 is 0 Å². The van der Waals surface area contributed by atoms with Crippen molar-refractivity contribution in [2.45, 2.75) is 39.7 Å². The van der Waals surface area contributed by atoms with Crippen LogP contribution in [0.25, 0.3) is 0 Å². The number of nitrogens with zero attached hydrogens (tertiary/aromatic N) is 1. The van der Waals surface area contributed by atoms with Crippen LogP contribution in [-0.4, -0.2) is 39.1 Å². The van der Waals surface area contributed by atoms with Crippen molar-refractivity contribution < 1.29 is 18.0 Å². The molecule has 8 heteroatoms. The van der Waals surface area contributed by atoms with E-state index >= 15 is 0 Å². The quantitative estimate of drug-likeness (QED) is 0.637. The molecule has 0 aliphatic rings. The van der Waals surface area contributed by atoms with E-state index in [0.717, 1.165) is 11.8 Å². The zero-order valence-electron chi connectivity index (χ0n) is 17.8. The summed E-state index contributed by atoms with van der Waals surface area (Å²) in [6.45, 7) is 5.84. The third-order valence-corrected chi connectivity index (χ3v) is 5.55. The smallest absolute Gasteiger partial charge is 0.253 e. The Bertz CT molecular complexity index is 986. The second kappa shape index (κ2) is 10.2. The van der Waals surface area contributed by atoms with Gasteiger partial charge in [0.05, 0.1) is 23.2 Å². The molecule has 0 unspecified atom stereocenters. The molecular formula is C22H29N3O4S. The predicted molar refractivity (Wildman–Crippen MR) is 120 cm³/mol. The first-order chi connectivity index (χ1) is 14.1. The van der Waals surface area contributed by atoms with Crippen molar-refractivity contribution in [1.29, 1.82) is 0 Å². The van der Waals surface area contributed by atoms with Crippen LogP contribution in [0.15, 0.2) is 48.5 Å². The Balaban J connectivity index is 2.00. The molecule has 0 aliphatic carbocycles. The first-order valence-corrected chi connectivity index (χ1v) is 11.7. The van der Waals surface area contributed by atoms with Gasteiger partial charge in [-0.1, -0.05) is 29.8 Å². The van der Waals surface area contributed by atoms with Crippen LogP contribution in [0.4, 0.5) is 11.4 Å². The molecule has 2 amide bonds. The van der Waals surface area contributed by atoms with Crippen molar-refractivity contribution in [2.24, 2.45) is 0 Å². The normalized spacial score (nSPS) is 11.2. The summed E-state index contributed by atoms with van der Waals surface area (Å²) in [4.78, 5) is 24.7. The molecule has 0 atom stereocenters. The van der Waals surface area contributed by atoms with Crippen LogP contribution in [0.5, 0.6) is 0 Å². The Labute approximate surface area is 178 Å². The van der Waals surface area contributed by atoms with E-state index in [9.17, 15) is 18.0 Å². The SMILES string of the molecule is Cc1ccc(N(CCCC(=O)Nc2ccccc2C(=O)NC(C)C)S(C)(=O)=O)cc1. The van der Waals surface area contributed by atoms with Gasteiger partial charge in [-0.3, -0.25) is 13.9 Å². The molecule has 0 aliphatic heterocycles. The number of hydrogen-bond donors (Lipinski definition) is 2. The molecule has 2 aromatic carbocycles. The van der Waals surface area contributed by atoms with Gasteiger partial charge in [-0.15, -0.1) is 0 Å². The highest BCUT2D eigenvalue weighted by Crippen LogP contribution is 2.20.